The Bertz CT molecular complexity index is 493. The van der Waals surface area contributed by atoms with Crippen LogP contribution in [0, 0.1) is 0 Å². The zero-order valence-electron chi connectivity index (χ0n) is 15.2. The average Bonchev–Trinajstić information content (AvgIpc) is 2.58. The second-order valence-electron chi connectivity index (χ2n) is 5.53. The predicted octanol–water partition coefficient (Wildman–Crippen LogP) is 4.19. The molecule has 0 aliphatic heterocycles. The summed E-state index contributed by atoms with van der Waals surface area (Å²) in [5.41, 5.74) is 0. The van der Waals surface area contributed by atoms with E-state index in [0.717, 1.165) is 25.7 Å². The minimum atomic E-state index is -1.01. The van der Waals surface area contributed by atoms with Crippen LogP contribution in [-0.4, -0.2) is 17.2 Å². The molecule has 0 bridgehead atoms. The molecule has 0 aromatic carbocycles. The van der Waals surface area contributed by atoms with Crippen molar-refractivity contribution in [2.24, 2.45) is 0 Å². The number of aliphatic hydroxyl groups is 1. The molecule has 0 aromatic rings. The number of allylic oxidation sites excluding steroid dienone is 10. The molecule has 138 valence electrons. The van der Waals surface area contributed by atoms with E-state index in [-0.39, 0.29) is 6.42 Å². The van der Waals surface area contributed by atoms with Crippen molar-refractivity contribution < 1.29 is 15.0 Å². The molecule has 0 saturated heterocycles. The van der Waals surface area contributed by atoms with E-state index in [4.69, 9.17) is 0 Å². The standard InChI is InChI=1S/C22H32O3/c1-2-3-4-5-12-15-18-21(23)19-16-13-10-8-6-7-9-11-14-17-20-22(24)25/h3-4,6-7,10-16,19,21,23H,2,5,8-9,17-18,20H2,1H3,(H,24,25)/p-1/b4-3-,7-6-,13-10-,14-11-,15-12-,19-16+. The third-order valence-electron chi connectivity index (χ3n) is 3.19. The minimum absolute atomic E-state index is 0.0762. The molecule has 3 heteroatoms. The van der Waals surface area contributed by atoms with Crippen LogP contribution < -0.4 is 5.11 Å². The van der Waals surface area contributed by atoms with Crippen molar-refractivity contribution in [3.63, 3.8) is 0 Å². The van der Waals surface area contributed by atoms with Gasteiger partial charge in [0, 0.05) is 5.97 Å². The van der Waals surface area contributed by atoms with Crippen molar-refractivity contribution in [3.05, 3.63) is 72.9 Å². The van der Waals surface area contributed by atoms with Gasteiger partial charge in [0.05, 0.1) is 6.10 Å². The Hall–Kier alpha value is -2.13. The van der Waals surface area contributed by atoms with E-state index >= 15 is 0 Å². The summed E-state index contributed by atoms with van der Waals surface area (Å²) in [5, 5.41) is 20.0. The van der Waals surface area contributed by atoms with Crippen molar-refractivity contribution in [3.8, 4) is 0 Å². The number of hydrogen-bond acceptors (Lipinski definition) is 3. The summed E-state index contributed by atoms with van der Waals surface area (Å²) in [6, 6.07) is 0. The van der Waals surface area contributed by atoms with Gasteiger partial charge in [-0.1, -0.05) is 79.8 Å². The van der Waals surface area contributed by atoms with Crippen LogP contribution in [0.15, 0.2) is 72.9 Å². The second-order valence-corrected chi connectivity index (χ2v) is 5.53. The van der Waals surface area contributed by atoms with Crippen LogP contribution in [0.1, 0.15) is 51.9 Å². The molecule has 0 radical (unpaired) electrons. The zero-order chi connectivity index (χ0) is 18.6. The Morgan fingerprint density at radius 1 is 0.880 bits per heavy atom. The van der Waals surface area contributed by atoms with Crippen LogP contribution in [0.4, 0.5) is 0 Å². The smallest absolute Gasteiger partial charge is 0.0758 e. The lowest BCUT2D eigenvalue weighted by Crippen LogP contribution is -2.21. The van der Waals surface area contributed by atoms with Gasteiger partial charge in [0.25, 0.3) is 0 Å². The van der Waals surface area contributed by atoms with Gasteiger partial charge in [-0.25, -0.2) is 0 Å². The summed E-state index contributed by atoms with van der Waals surface area (Å²) in [5.74, 6) is -1.01. The van der Waals surface area contributed by atoms with Gasteiger partial charge in [-0.05, 0) is 44.9 Å². The van der Waals surface area contributed by atoms with Gasteiger partial charge in [-0.3, -0.25) is 0 Å². The van der Waals surface area contributed by atoms with Gasteiger partial charge in [-0.2, -0.15) is 0 Å². The number of aliphatic hydroxyl groups excluding tert-OH is 1. The van der Waals surface area contributed by atoms with Gasteiger partial charge in [0.2, 0.25) is 0 Å². The number of carboxylic acids is 1. The quantitative estimate of drug-likeness (QED) is 0.380. The molecule has 0 aliphatic rings. The summed E-state index contributed by atoms with van der Waals surface area (Å²) >= 11 is 0. The second kappa shape index (κ2) is 18.2. The van der Waals surface area contributed by atoms with Gasteiger partial charge in [0.1, 0.15) is 0 Å². The Kier molecular flexibility index (Phi) is 16.7. The number of carbonyl (C=O) groups excluding carboxylic acids is 1. The molecule has 1 unspecified atom stereocenters. The molecule has 1 atom stereocenters. The summed E-state index contributed by atoms with van der Waals surface area (Å²) in [6.07, 6.45) is 28.2. The van der Waals surface area contributed by atoms with E-state index in [0.29, 0.717) is 12.8 Å². The monoisotopic (exact) mass is 343 g/mol. The molecule has 0 rings (SSSR count). The lowest BCUT2D eigenvalue weighted by Gasteiger charge is -1.98. The van der Waals surface area contributed by atoms with Gasteiger partial charge in [-0.15, -0.1) is 0 Å². The van der Waals surface area contributed by atoms with E-state index in [2.05, 4.69) is 31.2 Å². The fourth-order valence-corrected chi connectivity index (χ4v) is 1.87. The summed E-state index contributed by atoms with van der Waals surface area (Å²) < 4.78 is 0. The first-order valence-corrected chi connectivity index (χ1v) is 8.98. The largest absolute Gasteiger partial charge is 0.550 e. The molecule has 0 aliphatic carbocycles. The maximum absolute atomic E-state index is 10.2. The van der Waals surface area contributed by atoms with E-state index < -0.39 is 12.1 Å². The summed E-state index contributed by atoms with van der Waals surface area (Å²) in [6.45, 7) is 2.11. The Labute approximate surface area is 152 Å². The number of carboxylic acid groups (broad SMARTS) is 1. The maximum atomic E-state index is 10.2. The van der Waals surface area contributed by atoms with Crippen LogP contribution in [0.2, 0.25) is 0 Å². The minimum Gasteiger partial charge on any atom is -0.550 e. The van der Waals surface area contributed by atoms with E-state index in [1.54, 1.807) is 6.08 Å². The summed E-state index contributed by atoms with van der Waals surface area (Å²) in [4.78, 5) is 10.2. The van der Waals surface area contributed by atoms with Gasteiger partial charge >= 0.3 is 0 Å². The number of rotatable bonds is 14. The highest BCUT2D eigenvalue weighted by atomic mass is 16.4. The molecule has 3 nitrogen and oxygen atoms in total. The lowest BCUT2D eigenvalue weighted by atomic mass is 10.2. The van der Waals surface area contributed by atoms with Crippen molar-refractivity contribution in [1.82, 2.24) is 0 Å². The molecule has 0 amide bonds. The van der Waals surface area contributed by atoms with Crippen LogP contribution in [-0.2, 0) is 4.79 Å². The van der Waals surface area contributed by atoms with E-state index in [1.807, 2.05) is 42.5 Å². The van der Waals surface area contributed by atoms with Crippen LogP contribution in [0.25, 0.3) is 0 Å². The first-order valence-electron chi connectivity index (χ1n) is 8.98. The van der Waals surface area contributed by atoms with E-state index in [9.17, 15) is 15.0 Å². The maximum Gasteiger partial charge on any atom is 0.0758 e. The third kappa shape index (κ3) is 19.8. The van der Waals surface area contributed by atoms with Gasteiger partial charge in [0.15, 0.2) is 0 Å². The molecule has 0 spiro atoms. The Balaban J connectivity index is 3.71. The highest BCUT2D eigenvalue weighted by Crippen LogP contribution is 1.99. The number of aliphatic carboxylic acids is 1. The fraction of sp³-hybridized carbons (Fsp3) is 0.409. The van der Waals surface area contributed by atoms with Crippen LogP contribution >= 0.6 is 0 Å². The molecule has 0 aromatic heterocycles. The average molecular weight is 343 g/mol. The van der Waals surface area contributed by atoms with Crippen molar-refractivity contribution in [2.75, 3.05) is 0 Å². The lowest BCUT2D eigenvalue weighted by molar-refractivity contribution is -0.305. The van der Waals surface area contributed by atoms with Gasteiger partial charge < -0.3 is 15.0 Å². The number of carbonyl (C=O) groups is 1. The Morgan fingerprint density at radius 2 is 1.48 bits per heavy atom. The van der Waals surface area contributed by atoms with Crippen LogP contribution in [0.3, 0.4) is 0 Å². The molecule has 0 fully saturated rings. The fourth-order valence-electron chi connectivity index (χ4n) is 1.87. The molecule has 0 heterocycles. The van der Waals surface area contributed by atoms with E-state index in [1.165, 1.54) is 0 Å². The molecular weight excluding hydrogens is 312 g/mol. The van der Waals surface area contributed by atoms with Crippen molar-refractivity contribution >= 4 is 5.97 Å². The van der Waals surface area contributed by atoms with Crippen molar-refractivity contribution in [1.29, 1.82) is 0 Å². The molecule has 25 heavy (non-hydrogen) atoms. The topological polar surface area (TPSA) is 60.4 Å². The summed E-state index contributed by atoms with van der Waals surface area (Å²) in [7, 11) is 0. The number of hydrogen-bond donors (Lipinski definition) is 1. The van der Waals surface area contributed by atoms with Crippen molar-refractivity contribution in [2.45, 2.75) is 58.0 Å². The highest BCUT2D eigenvalue weighted by Gasteiger charge is 1.92. The first kappa shape index (κ1) is 22.9. The highest BCUT2D eigenvalue weighted by molar-refractivity contribution is 5.64. The first-order chi connectivity index (χ1) is 12.2. The normalized spacial score (nSPS) is 14.3. The Morgan fingerprint density at radius 3 is 2.16 bits per heavy atom. The molecular formula is C22H31O3-. The SMILES string of the molecule is CC/C=C\C/C=C\CC(O)/C=C/C=C\C/C=C\C/C=C\CCC(=O)[O-]. The molecule has 1 N–H and O–H groups in total. The zero-order valence-corrected chi connectivity index (χ0v) is 15.2. The predicted molar refractivity (Wildman–Crippen MR) is 104 cm³/mol. The molecule has 0 saturated carbocycles. The van der Waals surface area contributed by atoms with Crippen LogP contribution in [0.5, 0.6) is 0 Å². The third-order valence-corrected chi connectivity index (χ3v) is 3.19.